The molecule has 1 fully saturated rings. The summed E-state index contributed by atoms with van der Waals surface area (Å²) in [4.78, 5) is 4.61. The van der Waals surface area contributed by atoms with Crippen molar-refractivity contribution in [2.45, 2.75) is 51.1 Å². The largest absolute Gasteiger partial charge is 0.293 e. The number of hydrogen-bond donors (Lipinski definition) is 0. The van der Waals surface area contributed by atoms with Gasteiger partial charge >= 0.3 is 0 Å². The third-order valence-corrected chi connectivity index (χ3v) is 6.33. The van der Waals surface area contributed by atoms with Crippen LogP contribution in [0.4, 0.5) is 0 Å². The minimum Gasteiger partial charge on any atom is -0.293 e. The Morgan fingerprint density at radius 3 is 2.69 bits per heavy atom. The highest BCUT2D eigenvalue weighted by Gasteiger charge is 2.36. The number of aliphatic imine (C=N–C) groups is 1. The zero-order chi connectivity index (χ0) is 9.90. The number of nitrogens with zero attached hydrogens (tertiary/aromatic N) is 1. The fourth-order valence-electron chi connectivity index (χ4n) is 1.21. The van der Waals surface area contributed by atoms with Crippen LogP contribution in [0.25, 0.3) is 0 Å². The first kappa shape index (κ1) is 11.3. The molecule has 0 aromatic rings. The first-order valence-corrected chi connectivity index (χ1v) is 10.3. The summed E-state index contributed by atoms with van der Waals surface area (Å²) < 4.78 is 0. The van der Waals surface area contributed by atoms with Crippen molar-refractivity contribution in [3.05, 3.63) is 0 Å². The fraction of sp³-hybridized carbons (Fsp3) is 0.900. The minimum absolute atomic E-state index is 0.809. The molecule has 0 aromatic carbocycles. The highest BCUT2D eigenvalue weighted by atomic mass is 32.4. The quantitative estimate of drug-likeness (QED) is 0.504. The summed E-state index contributed by atoms with van der Waals surface area (Å²) in [7, 11) is -0.911. The molecule has 1 rings (SSSR count). The van der Waals surface area contributed by atoms with Crippen LogP contribution in [0.3, 0.4) is 0 Å². The maximum Gasteiger partial charge on any atom is 0.109 e. The van der Waals surface area contributed by atoms with Crippen molar-refractivity contribution in [2.24, 2.45) is 4.99 Å². The van der Waals surface area contributed by atoms with Crippen LogP contribution >= 0.6 is 11.2 Å². The molecule has 0 heterocycles. The van der Waals surface area contributed by atoms with Crippen molar-refractivity contribution < 1.29 is 0 Å². The van der Waals surface area contributed by atoms with Gasteiger partial charge in [0.1, 0.15) is 7.22 Å². The van der Waals surface area contributed by atoms with Gasteiger partial charge in [0.05, 0.1) is 0 Å². The smallest absolute Gasteiger partial charge is 0.109 e. The second-order valence-corrected chi connectivity index (χ2v) is 14.1. The van der Waals surface area contributed by atoms with E-state index in [2.05, 4.69) is 42.8 Å². The molecule has 0 spiro atoms. The Bertz CT molecular complexity index is 196. The molecule has 0 amide bonds. The van der Waals surface area contributed by atoms with Crippen molar-refractivity contribution in [3.63, 3.8) is 0 Å². The van der Waals surface area contributed by atoms with Gasteiger partial charge in [0.25, 0.3) is 0 Å². The van der Waals surface area contributed by atoms with Gasteiger partial charge in [-0.25, -0.2) is 0 Å². The number of rotatable bonds is 5. The lowest BCUT2D eigenvalue weighted by Gasteiger charge is -2.13. The second-order valence-electron chi connectivity index (χ2n) is 4.65. The molecule has 0 saturated heterocycles. The molecule has 0 aromatic heterocycles. The predicted molar refractivity (Wildman–Crippen MR) is 66.6 cm³/mol. The van der Waals surface area contributed by atoms with Gasteiger partial charge < -0.3 is 0 Å². The average molecular weight is 215 g/mol. The van der Waals surface area contributed by atoms with Crippen molar-refractivity contribution in [2.75, 3.05) is 6.54 Å². The Labute approximate surface area is 87.1 Å². The summed E-state index contributed by atoms with van der Waals surface area (Å²) in [6, 6.07) is 0. The molecule has 3 heteroatoms. The highest BCUT2D eigenvalue weighted by Crippen LogP contribution is 2.37. The van der Waals surface area contributed by atoms with Crippen LogP contribution in [0.5, 0.6) is 0 Å². The molecular weight excluding hydrogens is 194 g/mol. The second kappa shape index (κ2) is 4.65. The van der Waals surface area contributed by atoms with Crippen LogP contribution in [-0.2, 0) is 0 Å². The van der Waals surface area contributed by atoms with Crippen molar-refractivity contribution in [1.82, 2.24) is 0 Å². The summed E-state index contributed by atoms with van der Waals surface area (Å²) in [5, 5.41) is 0.809. The molecule has 1 aliphatic carbocycles. The van der Waals surface area contributed by atoms with Gasteiger partial charge in [0.2, 0.25) is 0 Å². The molecule has 1 unspecified atom stereocenters. The molecule has 1 aliphatic rings. The minimum atomic E-state index is -0.911. The van der Waals surface area contributed by atoms with Crippen LogP contribution in [0, 0.1) is 0 Å². The van der Waals surface area contributed by atoms with Gasteiger partial charge in [0, 0.05) is 23.9 Å². The van der Waals surface area contributed by atoms with E-state index in [4.69, 9.17) is 0 Å². The summed E-state index contributed by atoms with van der Waals surface area (Å²) in [5.41, 5.74) is 1.49. The van der Waals surface area contributed by atoms with Crippen molar-refractivity contribution in [1.29, 1.82) is 0 Å². The average Bonchev–Trinajstić information content (AvgIpc) is 2.65. The van der Waals surface area contributed by atoms with Crippen molar-refractivity contribution >= 4 is 24.1 Å². The lowest BCUT2D eigenvalue weighted by Crippen LogP contribution is -2.15. The highest BCUT2D eigenvalue weighted by molar-refractivity contribution is 8.29. The molecule has 0 bridgehead atoms. The summed E-state index contributed by atoms with van der Waals surface area (Å²) >= 11 is 2.20. The Hall–Kier alpha value is 0.237. The fourth-order valence-corrected chi connectivity index (χ4v) is 5.75. The van der Waals surface area contributed by atoms with E-state index >= 15 is 0 Å². The van der Waals surface area contributed by atoms with Crippen LogP contribution in [0.2, 0.25) is 19.6 Å². The normalized spacial score (nSPS) is 25.2. The monoisotopic (exact) mass is 215 g/mol. The first-order valence-electron chi connectivity index (χ1n) is 5.24. The standard InChI is InChI=1S/C10H21NSSi/c1-5-6-7-11-9-8-10(9)12-13(2,3)4/h10H,5-8H2,1-4H3/b11-9-. The molecule has 0 N–H and O–H groups in total. The molecule has 0 aliphatic heterocycles. The molecular formula is C10H21NSSi. The van der Waals surface area contributed by atoms with Gasteiger partial charge in [-0.3, -0.25) is 4.99 Å². The van der Waals surface area contributed by atoms with Crippen LogP contribution in [0.15, 0.2) is 4.99 Å². The first-order chi connectivity index (χ1) is 6.03. The van der Waals surface area contributed by atoms with Gasteiger partial charge in [-0.15, -0.1) is 0 Å². The van der Waals surface area contributed by atoms with E-state index in [0.29, 0.717) is 0 Å². The Balaban J connectivity index is 2.18. The van der Waals surface area contributed by atoms with Crippen LogP contribution < -0.4 is 0 Å². The third kappa shape index (κ3) is 4.86. The lowest BCUT2D eigenvalue weighted by molar-refractivity contribution is 0.809. The van der Waals surface area contributed by atoms with E-state index in [1.165, 1.54) is 25.0 Å². The lowest BCUT2D eigenvalue weighted by atomic mass is 10.3. The SMILES string of the molecule is CCCC/N=C1/CC1S[Si](C)(C)C. The molecule has 0 radical (unpaired) electrons. The maximum absolute atomic E-state index is 4.61. The molecule has 13 heavy (non-hydrogen) atoms. The molecule has 1 atom stereocenters. The molecule has 76 valence electrons. The van der Waals surface area contributed by atoms with Crippen molar-refractivity contribution in [3.8, 4) is 0 Å². The predicted octanol–water partition coefficient (Wildman–Crippen LogP) is 3.57. The van der Waals surface area contributed by atoms with E-state index in [1.54, 1.807) is 0 Å². The summed E-state index contributed by atoms with van der Waals surface area (Å²) in [6.45, 7) is 10.5. The van der Waals surface area contributed by atoms with E-state index < -0.39 is 7.22 Å². The molecule has 1 nitrogen and oxygen atoms in total. The number of unbranched alkanes of at least 4 members (excludes halogenated alkanes) is 1. The van der Waals surface area contributed by atoms with Gasteiger partial charge in [-0.2, -0.15) is 11.2 Å². The Morgan fingerprint density at radius 2 is 2.15 bits per heavy atom. The van der Waals surface area contributed by atoms with E-state index in [9.17, 15) is 0 Å². The Kier molecular flexibility index (Phi) is 4.04. The Morgan fingerprint density at radius 1 is 1.46 bits per heavy atom. The third-order valence-electron chi connectivity index (χ3n) is 1.93. The molecule has 1 saturated carbocycles. The van der Waals surface area contributed by atoms with Crippen LogP contribution in [0.1, 0.15) is 26.2 Å². The van der Waals surface area contributed by atoms with Gasteiger partial charge in [-0.05, 0) is 6.42 Å². The maximum atomic E-state index is 4.61. The van der Waals surface area contributed by atoms with E-state index in [-0.39, 0.29) is 0 Å². The zero-order valence-electron chi connectivity index (χ0n) is 9.26. The summed E-state index contributed by atoms with van der Waals surface area (Å²) in [6.07, 6.45) is 3.80. The number of hydrogen-bond acceptors (Lipinski definition) is 2. The van der Waals surface area contributed by atoms with E-state index in [0.717, 1.165) is 11.8 Å². The van der Waals surface area contributed by atoms with E-state index in [1.807, 2.05) is 0 Å². The van der Waals surface area contributed by atoms with Crippen LogP contribution in [-0.4, -0.2) is 24.7 Å². The zero-order valence-corrected chi connectivity index (χ0v) is 11.1. The summed E-state index contributed by atoms with van der Waals surface area (Å²) in [5.74, 6) is 0. The van der Waals surface area contributed by atoms with Gasteiger partial charge in [0.15, 0.2) is 0 Å². The topological polar surface area (TPSA) is 12.4 Å². The van der Waals surface area contributed by atoms with Gasteiger partial charge in [-0.1, -0.05) is 33.0 Å².